The van der Waals surface area contributed by atoms with Crippen LogP contribution in [0.5, 0.6) is 0 Å². The molecule has 0 radical (unpaired) electrons. The van der Waals surface area contributed by atoms with Crippen LogP contribution < -0.4 is 5.32 Å². The van der Waals surface area contributed by atoms with Crippen LogP contribution in [0.4, 0.5) is 5.69 Å². The van der Waals surface area contributed by atoms with E-state index in [1.165, 1.54) is 31.2 Å². The third-order valence-electron chi connectivity index (χ3n) is 5.78. The number of amides is 1. The van der Waals surface area contributed by atoms with Crippen molar-refractivity contribution >= 4 is 29.1 Å². The van der Waals surface area contributed by atoms with Crippen molar-refractivity contribution in [3.05, 3.63) is 110 Å². The molecule has 3 aromatic rings. The number of benzene rings is 3. The molecule has 0 aliphatic heterocycles. The number of nitrogens with one attached hydrogen (secondary N) is 1. The van der Waals surface area contributed by atoms with Gasteiger partial charge >= 0.3 is 5.97 Å². The van der Waals surface area contributed by atoms with E-state index in [4.69, 9.17) is 4.74 Å². The van der Waals surface area contributed by atoms with E-state index in [1.807, 2.05) is 30.3 Å². The van der Waals surface area contributed by atoms with Crippen LogP contribution in [0.1, 0.15) is 67.7 Å². The van der Waals surface area contributed by atoms with Crippen LogP contribution in [-0.4, -0.2) is 34.5 Å². The number of carbonyl (C=O) groups is 4. The summed E-state index contributed by atoms with van der Waals surface area (Å²) in [5.41, 5.74) is -1.00. The van der Waals surface area contributed by atoms with E-state index in [9.17, 15) is 29.3 Å². The molecule has 9 heteroatoms. The van der Waals surface area contributed by atoms with Gasteiger partial charge in [-0.25, -0.2) is 4.79 Å². The second-order valence-corrected chi connectivity index (χ2v) is 8.03. The Morgan fingerprint density at radius 3 is 2.09 bits per heavy atom. The number of nitro groups is 1. The lowest BCUT2D eigenvalue weighted by Gasteiger charge is -2.20. The van der Waals surface area contributed by atoms with E-state index >= 15 is 0 Å². The molecule has 176 valence electrons. The molecule has 0 bridgehead atoms. The summed E-state index contributed by atoms with van der Waals surface area (Å²) in [7, 11) is 0. The monoisotopic (exact) mass is 472 g/mol. The number of ether oxygens (including phenoxy) is 1. The van der Waals surface area contributed by atoms with Crippen LogP contribution in [0.15, 0.2) is 66.7 Å². The second-order valence-electron chi connectivity index (χ2n) is 8.03. The molecule has 0 heterocycles. The highest BCUT2D eigenvalue weighted by atomic mass is 16.6. The smallest absolute Gasteiger partial charge is 0.345 e. The van der Waals surface area contributed by atoms with Crippen molar-refractivity contribution in [3.8, 4) is 0 Å². The Morgan fingerprint density at radius 2 is 1.46 bits per heavy atom. The first kappa shape index (κ1) is 23.5. The fraction of sp³-hybridized carbons (Fsp3) is 0.154. The van der Waals surface area contributed by atoms with Gasteiger partial charge in [-0.3, -0.25) is 24.5 Å². The summed E-state index contributed by atoms with van der Waals surface area (Å²) in [4.78, 5) is 62.4. The number of hydrogen-bond donors (Lipinski definition) is 1. The van der Waals surface area contributed by atoms with Crippen LogP contribution in [0, 0.1) is 10.1 Å². The number of hydrogen-bond acceptors (Lipinski definition) is 7. The molecule has 0 saturated carbocycles. The van der Waals surface area contributed by atoms with Crippen LogP contribution in [0.3, 0.4) is 0 Å². The van der Waals surface area contributed by atoms with Crippen LogP contribution in [-0.2, 0) is 9.53 Å². The van der Waals surface area contributed by atoms with E-state index in [1.54, 1.807) is 13.0 Å². The number of nitrogens with zero attached hydrogens (tertiary/aromatic N) is 1. The maximum absolute atomic E-state index is 13.1. The van der Waals surface area contributed by atoms with Crippen molar-refractivity contribution in [2.45, 2.75) is 26.0 Å². The zero-order valence-corrected chi connectivity index (χ0v) is 18.8. The molecular weight excluding hydrogens is 452 g/mol. The molecule has 0 saturated heterocycles. The average Bonchev–Trinajstić information content (AvgIpc) is 2.86. The van der Waals surface area contributed by atoms with Gasteiger partial charge in [0, 0.05) is 16.7 Å². The third-order valence-corrected chi connectivity index (χ3v) is 5.78. The topological polar surface area (TPSA) is 133 Å². The minimum atomic E-state index is -1.28. The van der Waals surface area contributed by atoms with Gasteiger partial charge in [-0.05, 0) is 31.5 Å². The molecule has 9 nitrogen and oxygen atoms in total. The zero-order chi connectivity index (χ0) is 25.3. The SMILES string of the molecule is CC(OC(=O)c1ccc2c(c1[N+](=O)[O-])C(=O)c1ccccc1C2=O)C(=O)NC(C)c1ccccc1. The van der Waals surface area contributed by atoms with Gasteiger partial charge in [0.05, 0.1) is 11.0 Å². The minimum Gasteiger partial charge on any atom is -0.449 e. The largest absolute Gasteiger partial charge is 0.449 e. The maximum atomic E-state index is 13.1. The van der Waals surface area contributed by atoms with E-state index in [2.05, 4.69) is 5.32 Å². The summed E-state index contributed by atoms with van der Waals surface area (Å²) in [6.07, 6.45) is -1.28. The van der Waals surface area contributed by atoms with E-state index in [0.717, 1.165) is 11.6 Å². The standard InChI is InChI=1S/C26H20N2O7/c1-14(16-8-4-3-5-9-16)27-25(31)15(2)35-26(32)20-13-12-19-21(22(20)28(33)34)24(30)18-11-7-6-10-17(18)23(19)29/h3-15H,1-2H3,(H,27,31). The van der Waals surface area contributed by atoms with Gasteiger partial charge in [0.15, 0.2) is 11.9 Å². The Morgan fingerprint density at radius 1 is 0.857 bits per heavy atom. The Balaban J connectivity index is 1.61. The van der Waals surface area contributed by atoms with Crippen LogP contribution >= 0.6 is 0 Å². The number of esters is 1. The highest BCUT2D eigenvalue weighted by Gasteiger charge is 2.39. The summed E-state index contributed by atoms with van der Waals surface area (Å²) >= 11 is 0. The summed E-state index contributed by atoms with van der Waals surface area (Å²) in [6.45, 7) is 3.09. The lowest BCUT2D eigenvalue weighted by Crippen LogP contribution is -2.37. The second kappa shape index (κ2) is 9.30. The molecule has 0 aromatic heterocycles. The van der Waals surface area contributed by atoms with Crippen LogP contribution in [0.25, 0.3) is 0 Å². The fourth-order valence-corrected chi connectivity index (χ4v) is 3.96. The van der Waals surface area contributed by atoms with Crippen molar-refractivity contribution in [1.82, 2.24) is 5.32 Å². The minimum absolute atomic E-state index is 0.0151. The lowest BCUT2D eigenvalue weighted by molar-refractivity contribution is -0.385. The number of carbonyl (C=O) groups excluding carboxylic acids is 4. The predicted octanol–water partition coefficient (Wildman–Crippen LogP) is 3.79. The summed E-state index contributed by atoms with van der Waals surface area (Å²) < 4.78 is 5.20. The first-order valence-electron chi connectivity index (χ1n) is 10.8. The molecule has 1 aliphatic rings. The zero-order valence-electron chi connectivity index (χ0n) is 18.8. The predicted molar refractivity (Wildman–Crippen MR) is 124 cm³/mol. The van der Waals surface area contributed by atoms with Crippen molar-refractivity contribution in [2.75, 3.05) is 0 Å². The highest BCUT2D eigenvalue weighted by Crippen LogP contribution is 2.35. The Kier molecular flexibility index (Phi) is 6.24. The molecule has 0 fully saturated rings. The maximum Gasteiger partial charge on any atom is 0.345 e. The van der Waals surface area contributed by atoms with Gasteiger partial charge < -0.3 is 10.1 Å². The van der Waals surface area contributed by atoms with E-state index < -0.39 is 51.3 Å². The molecule has 0 spiro atoms. The van der Waals surface area contributed by atoms with Gasteiger partial charge in [0.25, 0.3) is 11.6 Å². The Hall–Kier alpha value is -4.66. The number of nitro benzene ring substituents is 1. The number of fused-ring (bicyclic) bond motifs is 2. The van der Waals surface area contributed by atoms with Crippen molar-refractivity contribution in [3.63, 3.8) is 0 Å². The van der Waals surface area contributed by atoms with Gasteiger partial charge in [-0.1, -0.05) is 54.6 Å². The Labute approximate surface area is 199 Å². The number of ketones is 2. The molecule has 1 N–H and O–H groups in total. The van der Waals surface area contributed by atoms with Crippen molar-refractivity contribution in [2.24, 2.45) is 0 Å². The van der Waals surface area contributed by atoms with Crippen LogP contribution in [0.2, 0.25) is 0 Å². The molecule has 2 atom stereocenters. The molecule has 1 amide bonds. The summed E-state index contributed by atoms with van der Waals surface area (Å²) in [5.74, 6) is -3.05. The first-order chi connectivity index (χ1) is 16.7. The molecule has 3 aromatic carbocycles. The Bertz CT molecular complexity index is 1380. The molecule has 2 unspecified atom stereocenters. The quantitative estimate of drug-likeness (QED) is 0.256. The lowest BCUT2D eigenvalue weighted by atomic mass is 9.82. The normalized spacial score (nSPS) is 13.8. The summed E-state index contributed by atoms with van der Waals surface area (Å²) in [5, 5.41) is 14.7. The molecular formula is C26H20N2O7. The van der Waals surface area contributed by atoms with Gasteiger partial charge in [-0.2, -0.15) is 0 Å². The van der Waals surface area contributed by atoms with Crippen molar-refractivity contribution in [1.29, 1.82) is 0 Å². The van der Waals surface area contributed by atoms with E-state index in [-0.39, 0.29) is 22.7 Å². The molecule has 1 aliphatic carbocycles. The van der Waals surface area contributed by atoms with Gasteiger partial charge in [0.1, 0.15) is 11.1 Å². The number of rotatable bonds is 6. The van der Waals surface area contributed by atoms with E-state index in [0.29, 0.717) is 0 Å². The fourth-order valence-electron chi connectivity index (χ4n) is 3.96. The van der Waals surface area contributed by atoms with Gasteiger partial charge in [-0.15, -0.1) is 0 Å². The average molecular weight is 472 g/mol. The highest BCUT2D eigenvalue weighted by molar-refractivity contribution is 6.30. The van der Waals surface area contributed by atoms with Crippen molar-refractivity contribution < 1.29 is 28.8 Å². The summed E-state index contributed by atoms with van der Waals surface area (Å²) in [6, 6.07) is 17.0. The van der Waals surface area contributed by atoms with Gasteiger partial charge in [0.2, 0.25) is 5.78 Å². The molecule has 4 rings (SSSR count). The molecule has 35 heavy (non-hydrogen) atoms. The first-order valence-corrected chi connectivity index (χ1v) is 10.8. The third kappa shape index (κ3) is 4.31.